The number of nitrogens with zero attached hydrogens (tertiary/aromatic N) is 2. The van der Waals surface area contributed by atoms with Crippen LogP contribution in [0.25, 0.3) is 53.8 Å². The van der Waals surface area contributed by atoms with Gasteiger partial charge in [0.15, 0.2) is 0 Å². The van der Waals surface area contributed by atoms with Gasteiger partial charge in [0.25, 0.3) is 0 Å². The quantitative estimate of drug-likeness (QED) is 0.124. The summed E-state index contributed by atoms with van der Waals surface area (Å²) in [5, 5.41) is 6.13. The molecular formula is C44H33IN2. The third-order valence-corrected chi connectivity index (χ3v) is 10.5. The molecule has 2 nitrogen and oxygen atoms in total. The number of fused-ring (bicyclic) bond motifs is 7. The van der Waals surface area contributed by atoms with Crippen molar-refractivity contribution < 1.29 is 0 Å². The number of para-hydroxylation sites is 1. The van der Waals surface area contributed by atoms with E-state index in [4.69, 9.17) is 4.98 Å². The number of hydrogen-bond donors (Lipinski definition) is 0. The summed E-state index contributed by atoms with van der Waals surface area (Å²) >= 11 is 2.55. The number of imidazole rings is 1. The van der Waals surface area contributed by atoms with Crippen LogP contribution in [0.3, 0.4) is 0 Å². The minimum atomic E-state index is 0.106. The Hall–Kier alpha value is -5.00. The third kappa shape index (κ3) is 5.35. The predicted octanol–water partition coefficient (Wildman–Crippen LogP) is 12.2. The maximum atomic E-state index is 5.33. The second-order valence-electron chi connectivity index (χ2n) is 12.0. The summed E-state index contributed by atoms with van der Waals surface area (Å²) in [5.74, 6) is 0.259. The summed E-state index contributed by atoms with van der Waals surface area (Å²) in [6.07, 6.45) is 17.9. The van der Waals surface area contributed by atoms with Crippen LogP contribution in [0, 0.1) is 5.92 Å². The lowest BCUT2D eigenvalue weighted by Crippen LogP contribution is -2.13. The van der Waals surface area contributed by atoms with Crippen molar-refractivity contribution in [1.29, 1.82) is 0 Å². The molecule has 5 aromatic carbocycles. The largest absolute Gasteiger partial charge is 0.292 e. The second-order valence-corrected chi connectivity index (χ2v) is 13.1. The third-order valence-electron chi connectivity index (χ3n) is 9.22. The monoisotopic (exact) mass is 716 g/mol. The fourth-order valence-corrected chi connectivity index (χ4v) is 7.89. The van der Waals surface area contributed by atoms with Crippen molar-refractivity contribution in [3.05, 3.63) is 186 Å². The van der Waals surface area contributed by atoms with E-state index in [-0.39, 0.29) is 11.8 Å². The zero-order valence-corrected chi connectivity index (χ0v) is 28.3. The zero-order chi connectivity index (χ0) is 31.7. The van der Waals surface area contributed by atoms with Crippen LogP contribution in [0.15, 0.2) is 163 Å². The number of allylic oxidation sites excluding steroid dienone is 7. The molecule has 1 unspecified atom stereocenters. The zero-order valence-electron chi connectivity index (χ0n) is 26.1. The standard InChI is InChI=1S/C44H33IN2/c1-2-14-42-40(46-44-39-23-11-9-20-36(39)37-21-12-13-24-41(37)47(42)44)28-27-34(31-16-4-3-5-17-31)35-19-8-10-22-38(35)43(45)33-26-25-30-15-6-7-18-32(30)29-33/h2-29,34-35H,1H3/b14-2-,28-27+,43-38-/t34-,35?/m1/s1. The number of aromatic nitrogens is 2. The highest BCUT2D eigenvalue weighted by Gasteiger charge is 2.26. The SMILES string of the molecule is C/C=C\c1c(/C=C/[C@H](c2ccccc2)C2C=CC=C/C2=C(/I)c2ccc3ccccc3c2)nc2c3ccccc3c3ccccc3n12. The van der Waals surface area contributed by atoms with E-state index in [1.165, 1.54) is 41.8 Å². The van der Waals surface area contributed by atoms with E-state index in [9.17, 15) is 0 Å². The number of benzene rings is 5. The molecule has 0 bridgehead atoms. The number of halogens is 1. The highest BCUT2D eigenvalue weighted by Crippen LogP contribution is 2.42. The van der Waals surface area contributed by atoms with Gasteiger partial charge in [-0.1, -0.05) is 146 Å². The number of pyridine rings is 1. The van der Waals surface area contributed by atoms with Gasteiger partial charge in [-0.05, 0) is 86.7 Å². The summed E-state index contributed by atoms with van der Waals surface area (Å²) in [7, 11) is 0. The molecule has 3 heteroatoms. The van der Waals surface area contributed by atoms with Crippen molar-refractivity contribution in [3.63, 3.8) is 0 Å². The molecule has 2 heterocycles. The first-order valence-corrected chi connectivity index (χ1v) is 17.2. The van der Waals surface area contributed by atoms with Gasteiger partial charge in [-0.3, -0.25) is 4.40 Å². The first-order chi connectivity index (χ1) is 23.2. The van der Waals surface area contributed by atoms with E-state index in [1.54, 1.807) is 0 Å². The van der Waals surface area contributed by atoms with E-state index in [0.29, 0.717) is 0 Å². The van der Waals surface area contributed by atoms with Gasteiger partial charge in [-0.15, -0.1) is 0 Å². The fourth-order valence-electron chi connectivity index (χ4n) is 7.02. The first kappa shape index (κ1) is 29.4. The van der Waals surface area contributed by atoms with Crippen LogP contribution in [0.4, 0.5) is 0 Å². The van der Waals surface area contributed by atoms with Gasteiger partial charge in [0.1, 0.15) is 5.65 Å². The normalized spacial score (nSPS) is 16.8. The molecule has 0 spiro atoms. The van der Waals surface area contributed by atoms with Crippen molar-refractivity contribution >= 4 is 76.4 Å². The van der Waals surface area contributed by atoms with Crippen LogP contribution in [0.1, 0.15) is 35.4 Å². The van der Waals surface area contributed by atoms with Crippen molar-refractivity contribution in [1.82, 2.24) is 9.38 Å². The lowest BCUT2D eigenvalue weighted by molar-refractivity contribution is 0.684. The molecular weight excluding hydrogens is 683 g/mol. The molecule has 47 heavy (non-hydrogen) atoms. The summed E-state index contributed by atoms with van der Waals surface area (Å²) in [6.45, 7) is 2.08. The molecule has 0 saturated heterocycles. The van der Waals surface area contributed by atoms with Crippen molar-refractivity contribution in [2.24, 2.45) is 5.92 Å². The lowest BCUT2D eigenvalue weighted by Gasteiger charge is -2.27. The maximum Gasteiger partial charge on any atom is 0.146 e. The first-order valence-electron chi connectivity index (χ1n) is 16.1. The molecule has 0 saturated carbocycles. The minimum Gasteiger partial charge on any atom is -0.292 e. The van der Waals surface area contributed by atoms with Crippen LogP contribution in [-0.2, 0) is 0 Å². The van der Waals surface area contributed by atoms with Crippen LogP contribution in [0.2, 0.25) is 0 Å². The van der Waals surface area contributed by atoms with Gasteiger partial charge in [-0.25, -0.2) is 4.98 Å². The van der Waals surface area contributed by atoms with E-state index in [1.807, 2.05) is 0 Å². The Kier molecular flexibility index (Phi) is 7.92. The molecule has 0 N–H and O–H groups in total. The van der Waals surface area contributed by atoms with E-state index in [2.05, 4.69) is 204 Å². The Morgan fingerprint density at radius 3 is 2.30 bits per heavy atom. The highest BCUT2D eigenvalue weighted by atomic mass is 127. The number of hydrogen-bond acceptors (Lipinski definition) is 1. The van der Waals surface area contributed by atoms with E-state index >= 15 is 0 Å². The van der Waals surface area contributed by atoms with Gasteiger partial charge in [0.05, 0.1) is 16.9 Å². The topological polar surface area (TPSA) is 17.3 Å². The van der Waals surface area contributed by atoms with E-state index in [0.717, 1.165) is 27.9 Å². The molecule has 1 aliphatic rings. The van der Waals surface area contributed by atoms with Gasteiger partial charge in [0.2, 0.25) is 0 Å². The van der Waals surface area contributed by atoms with Crippen LogP contribution < -0.4 is 0 Å². The summed E-state index contributed by atoms with van der Waals surface area (Å²) in [6, 6.07) is 43.5. The Balaban J connectivity index is 1.30. The molecule has 7 aromatic rings. The Morgan fingerprint density at radius 1 is 0.745 bits per heavy atom. The lowest BCUT2D eigenvalue weighted by atomic mass is 9.78. The van der Waals surface area contributed by atoms with Crippen LogP contribution in [-0.4, -0.2) is 9.38 Å². The van der Waals surface area contributed by atoms with Crippen molar-refractivity contribution in [2.75, 3.05) is 0 Å². The second kappa shape index (κ2) is 12.7. The minimum absolute atomic E-state index is 0.106. The highest BCUT2D eigenvalue weighted by molar-refractivity contribution is 14.1. The predicted molar refractivity (Wildman–Crippen MR) is 210 cm³/mol. The Labute approximate surface area is 288 Å². The van der Waals surface area contributed by atoms with Crippen molar-refractivity contribution in [3.8, 4) is 0 Å². The smallest absolute Gasteiger partial charge is 0.146 e. The summed E-state index contributed by atoms with van der Waals surface area (Å²) in [5.41, 5.74) is 8.05. The van der Waals surface area contributed by atoms with Gasteiger partial charge >= 0.3 is 0 Å². The summed E-state index contributed by atoms with van der Waals surface area (Å²) < 4.78 is 3.60. The molecule has 2 atom stereocenters. The van der Waals surface area contributed by atoms with Gasteiger partial charge < -0.3 is 0 Å². The maximum absolute atomic E-state index is 5.33. The molecule has 1 aliphatic carbocycles. The molecule has 0 fully saturated rings. The van der Waals surface area contributed by atoms with E-state index < -0.39 is 0 Å². The Bertz CT molecular complexity index is 2440. The molecule has 8 rings (SSSR count). The van der Waals surface area contributed by atoms with Crippen LogP contribution >= 0.6 is 22.6 Å². The molecule has 0 aliphatic heterocycles. The molecule has 0 amide bonds. The average molecular weight is 717 g/mol. The van der Waals surface area contributed by atoms with Crippen molar-refractivity contribution in [2.45, 2.75) is 12.8 Å². The molecule has 226 valence electrons. The number of rotatable bonds is 6. The molecule has 0 radical (unpaired) electrons. The van der Waals surface area contributed by atoms with Gasteiger partial charge in [-0.2, -0.15) is 0 Å². The molecule has 2 aromatic heterocycles. The van der Waals surface area contributed by atoms with Gasteiger partial charge in [0, 0.05) is 26.2 Å². The average Bonchev–Trinajstić information content (AvgIpc) is 3.50. The Morgan fingerprint density at radius 2 is 1.47 bits per heavy atom. The summed E-state index contributed by atoms with van der Waals surface area (Å²) in [4.78, 5) is 5.33. The fraction of sp³-hybridized carbons (Fsp3) is 0.0682. The van der Waals surface area contributed by atoms with Crippen LogP contribution in [0.5, 0.6) is 0 Å².